The first kappa shape index (κ1) is 17.0. The van der Waals surface area contributed by atoms with Gasteiger partial charge in [0, 0.05) is 6.04 Å². The smallest absolute Gasteiger partial charge is 0.00392 e. The van der Waals surface area contributed by atoms with Gasteiger partial charge in [0.25, 0.3) is 0 Å². The molecule has 1 rings (SSSR count). The van der Waals surface area contributed by atoms with Gasteiger partial charge in [0.1, 0.15) is 0 Å². The van der Waals surface area contributed by atoms with E-state index in [0.717, 1.165) is 5.92 Å². The van der Waals surface area contributed by atoms with Crippen LogP contribution in [-0.4, -0.2) is 37.1 Å². The SMILES string of the molecule is CCN(CC)CCCC(C)NCCC1CCCCC1. The Hall–Kier alpha value is -0.0800. The van der Waals surface area contributed by atoms with Crippen molar-refractivity contribution in [3.05, 3.63) is 0 Å². The minimum atomic E-state index is 0.694. The monoisotopic (exact) mass is 268 g/mol. The normalized spacial score (nSPS) is 18.9. The van der Waals surface area contributed by atoms with Crippen molar-refractivity contribution >= 4 is 0 Å². The van der Waals surface area contributed by atoms with Crippen molar-refractivity contribution in [2.45, 2.75) is 78.2 Å². The lowest BCUT2D eigenvalue weighted by atomic mass is 9.87. The molecule has 1 fully saturated rings. The largest absolute Gasteiger partial charge is 0.314 e. The Morgan fingerprint density at radius 3 is 2.42 bits per heavy atom. The molecular weight excluding hydrogens is 232 g/mol. The van der Waals surface area contributed by atoms with Gasteiger partial charge >= 0.3 is 0 Å². The highest BCUT2D eigenvalue weighted by atomic mass is 15.1. The molecule has 2 heteroatoms. The van der Waals surface area contributed by atoms with Crippen molar-refractivity contribution in [2.75, 3.05) is 26.2 Å². The number of hydrogen-bond acceptors (Lipinski definition) is 2. The van der Waals surface area contributed by atoms with Crippen molar-refractivity contribution in [1.29, 1.82) is 0 Å². The van der Waals surface area contributed by atoms with Gasteiger partial charge in [-0.05, 0) is 58.3 Å². The zero-order valence-electron chi connectivity index (χ0n) is 13.6. The molecule has 0 saturated heterocycles. The van der Waals surface area contributed by atoms with E-state index in [-0.39, 0.29) is 0 Å². The molecule has 0 bridgehead atoms. The zero-order valence-corrected chi connectivity index (χ0v) is 13.6. The minimum Gasteiger partial charge on any atom is -0.314 e. The molecule has 114 valence electrons. The summed E-state index contributed by atoms with van der Waals surface area (Å²) in [5.74, 6) is 1.02. The lowest BCUT2D eigenvalue weighted by molar-refractivity contribution is 0.287. The lowest BCUT2D eigenvalue weighted by Gasteiger charge is -2.23. The maximum atomic E-state index is 3.72. The molecule has 0 aromatic carbocycles. The first-order valence-electron chi connectivity index (χ1n) is 8.72. The molecule has 0 heterocycles. The summed E-state index contributed by atoms with van der Waals surface area (Å²) in [5, 5.41) is 3.72. The molecule has 19 heavy (non-hydrogen) atoms. The van der Waals surface area contributed by atoms with E-state index in [1.54, 1.807) is 0 Å². The van der Waals surface area contributed by atoms with Crippen LogP contribution in [0.2, 0.25) is 0 Å². The average molecular weight is 268 g/mol. The van der Waals surface area contributed by atoms with Gasteiger partial charge in [-0.2, -0.15) is 0 Å². The molecule has 1 N–H and O–H groups in total. The minimum absolute atomic E-state index is 0.694. The third-order valence-corrected chi connectivity index (χ3v) is 4.78. The summed E-state index contributed by atoms with van der Waals surface area (Å²) in [6.45, 7) is 11.8. The van der Waals surface area contributed by atoms with E-state index in [2.05, 4.69) is 31.0 Å². The standard InChI is InChI=1S/C17H36N2/c1-4-19(5-2)15-9-10-16(3)18-14-13-17-11-7-6-8-12-17/h16-18H,4-15H2,1-3H3. The quantitative estimate of drug-likeness (QED) is 0.643. The third kappa shape index (κ3) is 7.94. The van der Waals surface area contributed by atoms with E-state index in [1.165, 1.54) is 77.5 Å². The molecule has 2 nitrogen and oxygen atoms in total. The summed E-state index contributed by atoms with van der Waals surface area (Å²) in [7, 11) is 0. The van der Waals surface area contributed by atoms with Gasteiger partial charge in [0.15, 0.2) is 0 Å². The van der Waals surface area contributed by atoms with Crippen molar-refractivity contribution < 1.29 is 0 Å². The van der Waals surface area contributed by atoms with E-state index in [1.807, 2.05) is 0 Å². The highest BCUT2D eigenvalue weighted by molar-refractivity contribution is 4.69. The topological polar surface area (TPSA) is 15.3 Å². The van der Waals surface area contributed by atoms with Crippen LogP contribution in [-0.2, 0) is 0 Å². The van der Waals surface area contributed by atoms with Crippen LogP contribution < -0.4 is 5.32 Å². The fourth-order valence-electron chi connectivity index (χ4n) is 3.27. The van der Waals surface area contributed by atoms with E-state index >= 15 is 0 Å². The van der Waals surface area contributed by atoms with Crippen molar-refractivity contribution in [2.24, 2.45) is 5.92 Å². The fourth-order valence-corrected chi connectivity index (χ4v) is 3.27. The highest BCUT2D eigenvalue weighted by Gasteiger charge is 2.13. The van der Waals surface area contributed by atoms with Crippen LogP contribution in [0.1, 0.15) is 72.1 Å². The molecule has 0 aromatic heterocycles. The zero-order chi connectivity index (χ0) is 13.9. The number of nitrogens with zero attached hydrogens (tertiary/aromatic N) is 1. The predicted molar refractivity (Wildman–Crippen MR) is 85.7 cm³/mol. The molecular formula is C17H36N2. The molecule has 1 aliphatic carbocycles. The Balaban J connectivity index is 1.96. The van der Waals surface area contributed by atoms with Gasteiger partial charge in [-0.1, -0.05) is 46.0 Å². The van der Waals surface area contributed by atoms with Crippen molar-refractivity contribution in [1.82, 2.24) is 10.2 Å². The summed E-state index contributed by atoms with van der Waals surface area (Å²) in [6.07, 6.45) is 11.5. The van der Waals surface area contributed by atoms with Gasteiger partial charge in [-0.3, -0.25) is 0 Å². The van der Waals surface area contributed by atoms with Crippen molar-refractivity contribution in [3.8, 4) is 0 Å². The van der Waals surface area contributed by atoms with E-state index in [9.17, 15) is 0 Å². The van der Waals surface area contributed by atoms with Crippen LogP contribution in [0, 0.1) is 5.92 Å². The second-order valence-corrected chi connectivity index (χ2v) is 6.32. The highest BCUT2D eigenvalue weighted by Crippen LogP contribution is 2.25. The van der Waals surface area contributed by atoms with Crippen LogP contribution in [0.3, 0.4) is 0 Å². The molecule has 0 amide bonds. The number of hydrogen-bond donors (Lipinski definition) is 1. The summed E-state index contributed by atoms with van der Waals surface area (Å²) in [6, 6.07) is 0.694. The average Bonchev–Trinajstić information content (AvgIpc) is 2.45. The molecule has 0 aromatic rings. The second-order valence-electron chi connectivity index (χ2n) is 6.32. The molecule has 0 aliphatic heterocycles. The van der Waals surface area contributed by atoms with Gasteiger partial charge in [0.2, 0.25) is 0 Å². The summed E-state index contributed by atoms with van der Waals surface area (Å²) in [4.78, 5) is 2.52. The third-order valence-electron chi connectivity index (χ3n) is 4.78. The van der Waals surface area contributed by atoms with E-state index in [4.69, 9.17) is 0 Å². The molecule has 0 spiro atoms. The lowest BCUT2D eigenvalue weighted by Crippen LogP contribution is -2.30. The van der Waals surface area contributed by atoms with Gasteiger partial charge in [0.05, 0.1) is 0 Å². The summed E-state index contributed by atoms with van der Waals surface area (Å²) >= 11 is 0. The number of rotatable bonds is 10. The molecule has 0 radical (unpaired) electrons. The maximum absolute atomic E-state index is 3.72. The second kappa shape index (κ2) is 10.7. The Kier molecular flexibility index (Phi) is 9.54. The van der Waals surface area contributed by atoms with Crippen molar-refractivity contribution in [3.63, 3.8) is 0 Å². The number of nitrogens with one attached hydrogen (secondary N) is 1. The van der Waals surface area contributed by atoms with Crippen LogP contribution in [0.15, 0.2) is 0 Å². The molecule has 1 unspecified atom stereocenters. The Bertz CT molecular complexity index is 195. The predicted octanol–water partition coefficient (Wildman–Crippen LogP) is 4.06. The first-order chi connectivity index (χ1) is 9.26. The van der Waals surface area contributed by atoms with Crippen LogP contribution in [0.25, 0.3) is 0 Å². The fraction of sp³-hybridized carbons (Fsp3) is 1.00. The van der Waals surface area contributed by atoms with Crippen LogP contribution >= 0.6 is 0 Å². The van der Waals surface area contributed by atoms with E-state index in [0.29, 0.717) is 6.04 Å². The maximum Gasteiger partial charge on any atom is 0.00392 e. The van der Waals surface area contributed by atoms with Gasteiger partial charge < -0.3 is 10.2 Å². The molecule has 1 aliphatic rings. The van der Waals surface area contributed by atoms with Gasteiger partial charge in [-0.15, -0.1) is 0 Å². The van der Waals surface area contributed by atoms with Crippen LogP contribution in [0.4, 0.5) is 0 Å². The molecule has 1 atom stereocenters. The molecule has 1 saturated carbocycles. The van der Waals surface area contributed by atoms with Crippen LogP contribution in [0.5, 0.6) is 0 Å². The Morgan fingerprint density at radius 1 is 1.11 bits per heavy atom. The summed E-state index contributed by atoms with van der Waals surface area (Å²) in [5.41, 5.74) is 0. The first-order valence-corrected chi connectivity index (χ1v) is 8.72. The van der Waals surface area contributed by atoms with E-state index < -0.39 is 0 Å². The Labute approximate surface area is 121 Å². The Morgan fingerprint density at radius 2 is 1.79 bits per heavy atom. The van der Waals surface area contributed by atoms with Gasteiger partial charge in [-0.25, -0.2) is 0 Å². The summed E-state index contributed by atoms with van der Waals surface area (Å²) < 4.78 is 0.